The van der Waals surface area contributed by atoms with E-state index in [1.165, 1.54) is 10.5 Å². The number of fused-ring (bicyclic) bond motifs is 1. The maximum absolute atomic E-state index is 12.1. The Kier molecular flexibility index (Phi) is 5.13. The highest BCUT2D eigenvalue weighted by Gasteiger charge is 2.27. The van der Waals surface area contributed by atoms with Crippen LogP contribution in [0.5, 0.6) is 0 Å². The topological polar surface area (TPSA) is 29.1 Å². The fourth-order valence-corrected chi connectivity index (χ4v) is 4.01. The number of hydrogen-bond donors (Lipinski definition) is 1. The molecule has 18 heavy (non-hydrogen) atoms. The molecule has 98 valence electrons. The highest BCUT2D eigenvalue weighted by atomic mass is 79.9. The molecule has 2 nitrogen and oxygen atoms in total. The summed E-state index contributed by atoms with van der Waals surface area (Å²) in [5.74, 6) is 0.708. The van der Waals surface area contributed by atoms with E-state index in [0.717, 1.165) is 24.7 Å². The lowest BCUT2D eigenvalue weighted by atomic mass is 10.1. The van der Waals surface area contributed by atoms with Gasteiger partial charge in [0.15, 0.2) is 0 Å². The van der Waals surface area contributed by atoms with E-state index < -0.39 is 0 Å². The van der Waals surface area contributed by atoms with Gasteiger partial charge in [-0.2, -0.15) is 0 Å². The second-order valence-corrected chi connectivity index (χ2v) is 6.78. The molecule has 1 aliphatic rings. The Morgan fingerprint density at radius 1 is 1.56 bits per heavy atom. The van der Waals surface area contributed by atoms with Crippen LogP contribution in [0.3, 0.4) is 0 Å². The van der Waals surface area contributed by atoms with Crippen LogP contribution in [-0.4, -0.2) is 23.0 Å². The van der Waals surface area contributed by atoms with Crippen molar-refractivity contribution in [3.05, 3.63) is 29.8 Å². The minimum atomic E-state index is 0.0542. The second kappa shape index (κ2) is 6.62. The van der Waals surface area contributed by atoms with Crippen molar-refractivity contribution in [2.45, 2.75) is 29.9 Å². The van der Waals surface area contributed by atoms with E-state index in [9.17, 15) is 4.79 Å². The Bertz CT molecular complexity index is 399. The van der Waals surface area contributed by atoms with Crippen LogP contribution in [0.1, 0.15) is 18.9 Å². The average molecular weight is 328 g/mol. The maximum atomic E-state index is 12.1. The summed E-state index contributed by atoms with van der Waals surface area (Å²) in [4.78, 5) is 13.3. The van der Waals surface area contributed by atoms with Crippen molar-refractivity contribution in [3.63, 3.8) is 0 Å². The highest BCUT2D eigenvalue weighted by molar-refractivity contribution is 9.09. The molecule has 2 atom stereocenters. The Hall–Kier alpha value is -0.480. The molecule has 1 N–H and O–H groups in total. The van der Waals surface area contributed by atoms with Gasteiger partial charge >= 0.3 is 0 Å². The lowest BCUT2D eigenvalue weighted by Crippen LogP contribution is -2.35. The zero-order valence-electron chi connectivity index (χ0n) is 10.5. The van der Waals surface area contributed by atoms with Gasteiger partial charge in [0.25, 0.3) is 0 Å². The zero-order valence-corrected chi connectivity index (χ0v) is 12.9. The summed E-state index contributed by atoms with van der Waals surface area (Å²) in [6.07, 6.45) is 1.96. The Morgan fingerprint density at radius 3 is 3.06 bits per heavy atom. The molecular formula is C14H18BrNOS. The molecule has 0 aliphatic carbocycles. The maximum Gasteiger partial charge on any atom is 0.233 e. The van der Waals surface area contributed by atoms with E-state index in [0.29, 0.717) is 5.92 Å². The van der Waals surface area contributed by atoms with Gasteiger partial charge in [0.05, 0.1) is 5.25 Å². The molecule has 1 amide bonds. The summed E-state index contributed by atoms with van der Waals surface area (Å²) in [6.45, 7) is 2.94. The van der Waals surface area contributed by atoms with E-state index >= 15 is 0 Å². The molecule has 0 bridgehead atoms. The van der Waals surface area contributed by atoms with Crippen molar-refractivity contribution in [3.8, 4) is 0 Å². The first-order valence-corrected chi connectivity index (χ1v) is 8.29. The van der Waals surface area contributed by atoms with E-state index in [1.54, 1.807) is 11.8 Å². The quantitative estimate of drug-likeness (QED) is 0.841. The minimum absolute atomic E-state index is 0.0542. The van der Waals surface area contributed by atoms with Gasteiger partial charge in [-0.3, -0.25) is 4.79 Å². The normalized spacial score (nSPS) is 19.3. The zero-order chi connectivity index (χ0) is 13.0. The van der Waals surface area contributed by atoms with Crippen molar-refractivity contribution in [1.82, 2.24) is 5.32 Å². The fourth-order valence-electron chi connectivity index (χ4n) is 2.01. The summed E-state index contributed by atoms with van der Waals surface area (Å²) < 4.78 is 0. The summed E-state index contributed by atoms with van der Waals surface area (Å²) in [7, 11) is 0. The number of carbonyl (C=O) groups excluding carboxylic acids is 1. The van der Waals surface area contributed by atoms with Gasteiger partial charge in [0.2, 0.25) is 5.91 Å². The molecule has 2 unspecified atom stereocenters. The predicted molar refractivity (Wildman–Crippen MR) is 80.4 cm³/mol. The third-order valence-corrected chi connectivity index (χ3v) is 4.94. The van der Waals surface area contributed by atoms with Gasteiger partial charge in [-0.25, -0.2) is 0 Å². The molecule has 0 aromatic heterocycles. The van der Waals surface area contributed by atoms with Crippen LogP contribution < -0.4 is 5.32 Å². The number of thioether (sulfide) groups is 1. The first-order chi connectivity index (χ1) is 8.70. The summed E-state index contributed by atoms with van der Waals surface area (Å²) in [5, 5.41) is 4.11. The van der Waals surface area contributed by atoms with Crippen molar-refractivity contribution in [2.24, 2.45) is 5.92 Å². The van der Waals surface area contributed by atoms with Gasteiger partial charge in [-0.15, -0.1) is 11.8 Å². The lowest BCUT2D eigenvalue weighted by molar-refractivity contribution is -0.120. The molecule has 1 aliphatic heterocycles. The fraction of sp³-hybridized carbons (Fsp3) is 0.500. The third-order valence-electron chi connectivity index (χ3n) is 3.17. The van der Waals surface area contributed by atoms with E-state index in [2.05, 4.69) is 40.3 Å². The van der Waals surface area contributed by atoms with Crippen LogP contribution in [0.4, 0.5) is 0 Å². The van der Waals surface area contributed by atoms with Gasteiger partial charge in [-0.1, -0.05) is 41.1 Å². The number of halogens is 1. The first kappa shape index (κ1) is 13.9. The van der Waals surface area contributed by atoms with E-state index in [1.807, 2.05) is 12.1 Å². The van der Waals surface area contributed by atoms with Crippen LogP contribution in [0.25, 0.3) is 0 Å². The summed E-state index contributed by atoms with van der Waals surface area (Å²) in [6, 6.07) is 8.28. The molecule has 1 heterocycles. The smallest absolute Gasteiger partial charge is 0.233 e. The summed E-state index contributed by atoms with van der Waals surface area (Å²) in [5.41, 5.74) is 1.30. The van der Waals surface area contributed by atoms with Gasteiger partial charge < -0.3 is 5.32 Å². The van der Waals surface area contributed by atoms with Crippen molar-refractivity contribution >= 4 is 33.6 Å². The van der Waals surface area contributed by atoms with Crippen LogP contribution >= 0.6 is 27.7 Å². The van der Waals surface area contributed by atoms with Crippen molar-refractivity contribution in [1.29, 1.82) is 0 Å². The number of alkyl halides is 1. The van der Waals surface area contributed by atoms with Crippen LogP contribution in [0.2, 0.25) is 0 Å². The molecular weight excluding hydrogens is 310 g/mol. The number of hydrogen-bond acceptors (Lipinski definition) is 2. The Labute approximate surface area is 121 Å². The SMILES string of the molecule is CC(CCBr)CNC(=O)C1Cc2ccccc2S1. The molecule has 1 aromatic rings. The minimum Gasteiger partial charge on any atom is -0.355 e. The third kappa shape index (κ3) is 3.51. The lowest BCUT2D eigenvalue weighted by Gasteiger charge is -2.13. The van der Waals surface area contributed by atoms with Gasteiger partial charge in [-0.05, 0) is 30.4 Å². The average Bonchev–Trinajstić information content (AvgIpc) is 2.80. The number of benzene rings is 1. The Balaban J connectivity index is 1.82. The standard InChI is InChI=1S/C14H18BrNOS/c1-10(6-7-15)9-16-14(17)13-8-11-4-2-3-5-12(11)18-13/h2-5,10,13H,6-9H2,1H3,(H,16,17). The summed E-state index contributed by atoms with van der Waals surface area (Å²) >= 11 is 5.11. The molecule has 0 radical (unpaired) electrons. The van der Waals surface area contributed by atoms with Gasteiger partial charge in [0.1, 0.15) is 0 Å². The molecule has 0 fully saturated rings. The van der Waals surface area contributed by atoms with E-state index in [-0.39, 0.29) is 11.2 Å². The largest absolute Gasteiger partial charge is 0.355 e. The van der Waals surface area contributed by atoms with Crippen molar-refractivity contribution < 1.29 is 4.79 Å². The first-order valence-electron chi connectivity index (χ1n) is 6.29. The molecule has 1 aromatic carbocycles. The number of carbonyl (C=O) groups is 1. The Morgan fingerprint density at radius 2 is 2.33 bits per heavy atom. The monoisotopic (exact) mass is 327 g/mol. The molecule has 0 saturated carbocycles. The molecule has 0 saturated heterocycles. The predicted octanol–water partition coefficient (Wildman–Crippen LogP) is 3.24. The molecule has 0 spiro atoms. The van der Waals surface area contributed by atoms with E-state index in [4.69, 9.17) is 0 Å². The number of rotatable bonds is 5. The van der Waals surface area contributed by atoms with Crippen LogP contribution in [-0.2, 0) is 11.2 Å². The van der Waals surface area contributed by atoms with Gasteiger partial charge in [0, 0.05) is 16.8 Å². The number of amides is 1. The molecule has 4 heteroatoms. The molecule has 2 rings (SSSR count). The second-order valence-electron chi connectivity index (χ2n) is 4.75. The number of nitrogens with one attached hydrogen (secondary N) is 1. The van der Waals surface area contributed by atoms with Crippen LogP contribution in [0, 0.1) is 5.92 Å². The highest BCUT2D eigenvalue weighted by Crippen LogP contribution is 2.36. The van der Waals surface area contributed by atoms with Crippen LogP contribution in [0.15, 0.2) is 29.2 Å². The van der Waals surface area contributed by atoms with Crippen molar-refractivity contribution in [2.75, 3.05) is 11.9 Å².